The topological polar surface area (TPSA) is 119 Å². The first-order chi connectivity index (χ1) is 14.8. The third-order valence-corrected chi connectivity index (χ3v) is 7.25. The number of rotatable bonds is 8. The van der Waals surface area contributed by atoms with Gasteiger partial charge in [0.25, 0.3) is 0 Å². The normalized spacial score (nSPS) is 18.2. The van der Waals surface area contributed by atoms with Gasteiger partial charge in [-0.15, -0.1) is 0 Å². The zero-order chi connectivity index (χ0) is 22.4. The molecule has 31 heavy (non-hydrogen) atoms. The van der Waals surface area contributed by atoms with Gasteiger partial charge in [-0.2, -0.15) is 4.31 Å². The van der Waals surface area contributed by atoms with Crippen LogP contribution < -0.4 is 15.8 Å². The Bertz CT molecular complexity index is 1030. The Morgan fingerprint density at radius 3 is 2.58 bits per heavy atom. The predicted molar refractivity (Wildman–Crippen MR) is 116 cm³/mol. The van der Waals surface area contributed by atoms with E-state index in [1.807, 2.05) is 30.3 Å². The molecule has 0 bridgehead atoms. The van der Waals surface area contributed by atoms with E-state index in [9.17, 15) is 18.0 Å². The Labute approximate surface area is 182 Å². The summed E-state index contributed by atoms with van der Waals surface area (Å²) >= 11 is 0. The summed E-state index contributed by atoms with van der Waals surface area (Å²) in [5.41, 5.74) is 6.35. The minimum absolute atomic E-state index is 0.0577. The third-order valence-electron chi connectivity index (χ3n) is 5.35. The van der Waals surface area contributed by atoms with E-state index in [4.69, 9.17) is 10.5 Å². The highest BCUT2D eigenvalue weighted by Gasteiger charge is 2.38. The highest BCUT2D eigenvalue weighted by atomic mass is 32.2. The smallest absolute Gasteiger partial charge is 0.243 e. The van der Waals surface area contributed by atoms with Crippen molar-refractivity contribution in [3.05, 3.63) is 60.2 Å². The third kappa shape index (κ3) is 5.42. The minimum Gasteiger partial charge on any atom is -0.497 e. The van der Waals surface area contributed by atoms with Gasteiger partial charge in [-0.25, -0.2) is 8.42 Å². The summed E-state index contributed by atoms with van der Waals surface area (Å²) < 4.78 is 32.9. The number of benzene rings is 2. The minimum atomic E-state index is -3.93. The first-order valence-electron chi connectivity index (χ1n) is 10.1. The molecule has 0 spiro atoms. The molecule has 1 aliphatic heterocycles. The van der Waals surface area contributed by atoms with Crippen LogP contribution in [0.25, 0.3) is 0 Å². The number of hydrogen-bond acceptors (Lipinski definition) is 5. The number of nitrogens with two attached hydrogens (primary N) is 1. The van der Waals surface area contributed by atoms with Gasteiger partial charge in [0, 0.05) is 19.0 Å². The number of amides is 2. The molecule has 2 aromatic rings. The van der Waals surface area contributed by atoms with Crippen molar-refractivity contribution in [3.63, 3.8) is 0 Å². The molecule has 8 nitrogen and oxygen atoms in total. The summed E-state index contributed by atoms with van der Waals surface area (Å²) in [4.78, 5) is 25.1. The molecule has 2 amide bonds. The number of hydrogen-bond donors (Lipinski definition) is 2. The van der Waals surface area contributed by atoms with E-state index < -0.39 is 33.9 Å². The van der Waals surface area contributed by atoms with Crippen molar-refractivity contribution in [1.82, 2.24) is 9.62 Å². The standard InChI is InChI=1S/C22H27N3O5S/c1-30-17-10-7-11-18(15-17)31(28,29)25-13-6-5-12-20(25)22(27)24-19(21(23)26)14-16-8-3-2-4-9-16/h2-4,7-11,15,19-20H,5-6,12-14H2,1H3,(H2,23,26)(H,24,27)/t19-,20?/m0/s1. The monoisotopic (exact) mass is 445 g/mol. The molecule has 2 aromatic carbocycles. The van der Waals surface area contributed by atoms with Crippen molar-refractivity contribution < 1.29 is 22.7 Å². The van der Waals surface area contributed by atoms with Gasteiger partial charge in [-0.1, -0.05) is 42.8 Å². The van der Waals surface area contributed by atoms with Crippen LogP contribution in [0.2, 0.25) is 0 Å². The number of methoxy groups -OCH3 is 1. The molecule has 1 saturated heterocycles. The lowest BCUT2D eigenvalue weighted by molar-refractivity contribution is -0.130. The quantitative estimate of drug-likeness (QED) is 0.638. The molecule has 1 fully saturated rings. The second kappa shape index (κ2) is 9.93. The summed E-state index contributed by atoms with van der Waals surface area (Å²) in [6.45, 7) is 0.220. The van der Waals surface area contributed by atoms with Crippen LogP contribution in [-0.4, -0.2) is 50.3 Å². The van der Waals surface area contributed by atoms with Crippen molar-refractivity contribution in [1.29, 1.82) is 0 Å². The number of carbonyl (C=O) groups is 2. The number of nitrogens with one attached hydrogen (secondary N) is 1. The second-order valence-corrected chi connectivity index (χ2v) is 9.35. The predicted octanol–water partition coefficient (Wildman–Crippen LogP) is 1.45. The molecule has 1 heterocycles. The van der Waals surface area contributed by atoms with Gasteiger partial charge in [0.15, 0.2) is 0 Å². The summed E-state index contributed by atoms with van der Waals surface area (Å²) in [5.74, 6) is -0.781. The van der Waals surface area contributed by atoms with Crippen LogP contribution >= 0.6 is 0 Å². The molecule has 0 radical (unpaired) electrons. The van der Waals surface area contributed by atoms with E-state index in [-0.39, 0.29) is 17.9 Å². The molecule has 166 valence electrons. The Morgan fingerprint density at radius 2 is 1.90 bits per heavy atom. The van der Waals surface area contributed by atoms with Crippen LogP contribution in [0, 0.1) is 0 Å². The molecule has 3 rings (SSSR count). The fourth-order valence-electron chi connectivity index (χ4n) is 3.69. The Balaban J connectivity index is 1.81. The summed E-state index contributed by atoms with van der Waals surface area (Å²) in [6, 6.07) is 13.5. The van der Waals surface area contributed by atoms with Gasteiger partial charge < -0.3 is 15.8 Å². The number of primary amides is 1. The average molecular weight is 446 g/mol. The molecule has 2 atom stereocenters. The number of sulfonamides is 1. The zero-order valence-electron chi connectivity index (χ0n) is 17.4. The first kappa shape index (κ1) is 22.8. The van der Waals surface area contributed by atoms with Gasteiger partial charge in [0.1, 0.15) is 17.8 Å². The molecule has 9 heteroatoms. The Hall–Kier alpha value is -2.91. The van der Waals surface area contributed by atoms with Crippen molar-refractivity contribution in [2.24, 2.45) is 5.73 Å². The number of piperidine rings is 1. The van der Waals surface area contributed by atoms with Gasteiger partial charge in [-0.3, -0.25) is 9.59 Å². The van der Waals surface area contributed by atoms with Gasteiger partial charge in [0.2, 0.25) is 21.8 Å². The van der Waals surface area contributed by atoms with E-state index in [0.717, 1.165) is 5.56 Å². The summed E-state index contributed by atoms with van der Waals surface area (Å²) in [5, 5.41) is 2.67. The van der Waals surface area contributed by atoms with Crippen molar-refractivity contribution in [2.45, 2.75) is 42.7 Å². The van der Waals surface area contributed by atoms with Crippen LogP contribution in [0.3, 0.4) is 0 Å². The van der Waals surface area contributed by atoms with Gasteiger partial charge >= 0.3 is 0 Å². The molecule has 1 unspecified atom stereocenters. The molecule has 0 aromatic heterocycles. The van der Waals surface area contributed by atoms with E-state index in [1.54, 1.807) is 12.1 Å². The molecular formula is C22H27N3O5S. The molecule has 1 aliphatic rings. The lowest BCUT2D eigenvalue weighted by atomic mass is 10.0. The molecular weight excluding hydrogens is 418 g/mol. The van der Waals surface area contributed by atoms with Gasteiger partial charge in [0.05, 0.1) is 12.0 Å². The Morgan fingerprint density at radius 1 is 1.16 bits per heavy atom. The largest absolute Gasteiger partial charge is 0.497 e. The summed E-state index contributed by atoms with van der Waals surface area (Å²) in [7, 11) is -2.47. The summed E-state index contributed by atoms with van der Waals surface area (Å²) in [6.07, 6.45) is 1.96. The fraction of sp³-hybridized carbons (Fsp3) is 0.364. The van der Waals surface area contributed by atoms with Crippen LogP contribution in [-0.2, 0) is 26.0 Å². The van der Waals surface area contributed by atoms with Crippen LogP contribution in [0.15, 0.2) is 59.5 Å². The highest BCUT2D eigenvalue weighted by molar-refractivity contribution is 7.89. The van der Waals surface area contributed by atoms with E-state index >= 15 is 0 Å². The first-order valence-corrected chi connectivity index (χ1v) is 11.6. The van der Waals surface area contributed by atoms with Gasteiger partial charge in [-0.05, 0) is 30.5 Å². The number of ether oxygens (including phenoxy) is 1. The van der Waals surface area contributed by atoms with Crippen molar-refractivity contribution in [2.75, 3.05) is 13.7 Å². The van der Waals surface area contributed by atoms with E-state index in [1.165, 1.54) is 23.5 Å². The fourth-order valence-corrected chi connectivity index (χ4v) is 5.38. The van der Waals surface area contributed by atoms with Crippen molar-refractivity contribution >= 4 is 21.8 Å². The van der Waals surface area contributed by atoms with Crippen molar-refractivity contribution in [3.8, 4) is 5.75 Å². The average Bonchev–Trinajstić information content (AvgIpc) is 2.79. The number of nitrogens with zero attached hydrogens (tertiary/aromatic N) is 1. The van der Waals surface area contributed by atoms with E-state index in [0.29, 0.717) is 25.0 Å². The molecule has 0 saturated carbocycles. The van der Waals surface area contributed by atoms with Crippen LogP contribution in [0.4, 0.5) is 0 Å². The maximum Gasteiger partial charge on any atom is 0.243 e. The zero-order valence-corrected chi connectivity index (χ0v) is 18.2. The second-order valence-electron chi connectivity index (χ2n) is 7.46. The van der Waals surface area contributed by atoms with Crippen LogP contribution in [0.1, 0.15) is 24.8 Å². The molecule has 0 aliphatic carbocycles. The maximum atomic E-state index is 13.3. The SMILES string of the molecule is COc1cccc(S(=O)(=O)N2CCCCC2C(=O)N[C@@H](Cc2ccccc2)C(N)=O)c1. The lowest BCUT2D eigenvalue weighted by Gasteiger charge is -2.34. The lowest BCUT2D eigenvalue weighted by Crippen LogP contribution is -2.56. The number of carbonyl (C=O) groups excluding carboxylic acids is 2. The van der Waals surface area contributed by atoms with E-state index in [2.05, 4.69) is 5.32 Å². The van der Waals surface area contributed by atoms with Crippen LogP contribution in [0.5, 0.6) is 5.75 Å². The molecule has 3 N–H and O–H groups in total. The maximum absolute atomic E-state index is 13.3. The highest BCUT2D eigenvalue weighted by Crippen LogP contribution is 2.27. The Kier molecular flexibility index (Phi) is 7.29.